The molecule has 0 aliphatic heterocycles. The third kappa shape index (κ3) is 4.53. The molecule has 0 radical (unpaired) electrons. The molecular weight excluding hydrogens is 344 g/mol. The monoisotopic (exact) mass is 358 g/mol. The topological polar surface area (TPSA) is 66.9 Å². The second-order valence-electron chi connectivity index (χ2n) is 5.25. The molecule has 2 N–H and O–H groups in total. The zero-order valence-electron chi connectivity index (χ0n) is 12.9. The lowest BCUT2D eigenvalue weighted by atomic mass is 10.2. The number of urea groups is 1. The number of nitrogens with one attached hydrogen (secondary N) is 2. The van der Waals surface area contributed by atoms with E-state index < -0.39 is 0 Å². The van der Waals surface area contributed by atoms with E-state index in [1.807, 2.05) is 55.5 Å². The first-order valence-corrected chi connectivity index (χ1v) is 8.49. The second-order valence-corrected chi connectivity index (χ2v) is 6.75. The molecule has 0 saturated heterocycles. The van der Waals surface area contributed by atoms with Crippen molar-refractivity contribution in [2.24, 2.45) is 0 Å². The van der Waals surface area contributed by atoms with E-state index >= 15 is 0 Å². The highest BCUT2D eigenvalue weighted by atomic mass is 35.5. The van der Waals surface area contributed by atoms with E-state index in [-0.39, 0.29) is 6.03 Å². The van der Waals surface area contributed by atoms with E-state index in [1.54, 1.807) is 0 Å². The van der Waals surface area contributed by atoms with E-state index in [4.69, 9.17) is 11.6 Å². The van der Waals surface area contributed by atoms with Crippen molar-refractivity contribution in [2.45, 2.75) is 13.3 Å². The molecule has 0 spiro atoms. The quantitative estimate of drug-likeness (QED) is 0.708. The number of benzene rings is 2. The average Bonchev–Trinajstić information content (AvgIpc) is 2.99. The van der Waals surface area contributed by atoms with Gasteiger partial charge in [-0.1, -0.05) is 52.8 Å². The summed E-state index contributed by atoms with van der Waals surface area (Å²) in [5, 5.41) is 15.5. The molecule has 0 unspecified atom stereocenters. The van der Waals surface area contributed by atoms with Gasteiger partial charge >= 0.3 is 6.03 Å². The first-order chi connectivity index (χ1) is 11.6. The third-order valence-electron chi connectivity index (χ3n) is 3.27. The van der Waals surface area contributed by atoms with Crippen LogP contribution >= 0.6 is 22.9 Å². The van der Waals surface area contributed by atoms with Gasteiger partial charge in [-0.3, -0.25) is 5.32 Å². The van der Waals surface area contributed by atoms with Crippen LogP contribution in [0.5, 0.6) is 0 Å². The fourth-order valence-corrected chi connectivity index (χ4v) is 2.94. The average molecular weight is 359 g/mol. The molecule has 7 heteroatoms. The molecule has 0 aliphatic rings. The van der Waals surface area contributed by atoms with Gasteiger partial charge in [-0.2, -0.15) is 0 Å². The molecule has 1 aromatic heterocycles. The minimum Gasteiger partial charge on any atom is -0.308 e. The van der Waals surface area contributed by atoms with Gasteiger partial charge in [0.25, 0.3) is 0 Å². The summed E-state index contributed by atoms with van der Waals surface area (Å²) in [6.45, 7) is 1.99. The van der Waals surface area contributed by atoms with Crippen LogP contribution in [-0.4, -0.2) is 16.2 Å². The zero-order chi connectivity index (χ0) is 16.9. The molecule has 0 bridgehead atoms. The molecule has 2 aromatic carbocycles. The van der Waals surface area contributed by atoms with Crippen LogP contribution in [0.3, 0.4) is 0 Å². The molecule has 24 heavy (non-hydrogen) atoms. The summed E-state index contributed by atoms with van der Waals surface area (Å²) in [5.41, 5.74) is 2.95. The Morgan fingerprint density at radius 1 is 1.04 bits per heavy atom. The van der Waals surface area contributed by atoms with Gasteiger partial charge in [0.2, 0.25) is 5.13 Å². The van der Waals surface area contributed by atoms with Crippen molar-refractivity contribution in [1.29, 1.82) is 0 Å². The lowest BCUT2D eigenvalue weighted by Crippen LogP contribution is -2.19. The fraction of sp³-hybridized carbons (Fsp3) is 0.118. The molecule has 5 nitrogen and oxygen atoms in total. The smallest absolute Gasteiger partial charge is 0.308 e. The minimum atomic E-state index is -0.340. The number of hydrogen-bond donors (Lipinski definition) is 2. The molecule has 122 valence electrons. The van der Waals surface area contributed by atoms with E-state index in [0.717, 1.165) is 21.8 Å². The highest BCUT2D eigenvalue weighted by molar-refractivity contribution is 7.15. The van der Waals surface area contributed by atoms with E-state index in [1.165, 1.54) is 11.3 Å². The number of aromatic nitrogens is 2. The maximum Gasteiger partial charge on any atom is 0.325 e. The van der Waals surface area contributed by atoms with Crippen LogP contribution in [0.15, 0.2) is 48.5 Å². The van der Waals surface area contributed by atoms with Crippen molar-refractivity contribution >= 4 is 39.8 Å². The second kappa shape index (κ2) is 7.42. The standard InChI is InChI=1S/C17H15ClN4OS/c1-11-2-8-14(9-3-11)19-16(23)20-17-22-21-15(24-17)10-12-4-6-13(18)7-5-12/h2-9H,10H2,1H3,(H2,19,20,22,23). The molecule has 0 saturated carbocycles. The predicted octanol–water partition coefficient (Wildman–Crippen LogP) is 4.73. The summed E-state index contributed by atoms with van der Waals surface area (Å²) >= 11 is 7.22. The Kier molecular flexibility index (Phi) is 5.08. The number of hydrogen-bond acceptors (Lipinski definition) is 4. The van der Waals surface area contributed by atoms with E-state index in [0.29, 0.717) is 16.6 Å². The molecular formula is C17H15ClN4OS. The van der Waals surface area contributed by atoms with Gasteiger partial charge in [0.1, 0.15) is 5.01 Å². The third-order valence-corrected chi connectivity index (χ3v) is 4.36. The van der Waals surface area contributed by atoms with Gasteiger partial charge in [0.15, 0.2) is 0 Å². The lowest BCUT2D eigenvalue weighted by Gasteiger charge is -2.05. The molecule has 0 aliphatic carbocycles. The number of halogens is 1. The van der Waals surface area contributed by atoms with Gasteiger partial charge in [0, 0.05) is 17.1 Å². The Morgan fingerprint density at radius 2 is 1.75 bits per heavy atom. The van der Waals surface area contributed by atoms with Gasteiger partial charge < -0.3 is 5.32 Å². The Balaban J connectivity index is 1.58. The number of carbonyl (C=O) groups is 1. The Hall–Kier alpha value is -2.44. The Labute approximate surface area is 148 Å². The number of carbonyl (C=O) groups excluding carboxylic acids is 1. The molecule has 2 amide bonds. The highest BCUT2D eigenvalue weighted by Gasteiger charge is 2.09. The number of rotatable bonds is 4. The van der Waals surface area contributed by atoms with Crippen molar-refractivity contribution in [3.8, 4) is 0 Å². The summed E-state index contributed by atoms with van der Waals surface area (Å²) < 4.78 is 0. The predicted molar refractivity (Wildman–Crippen MR) is 98.0 cm³/mol. The molecule has 1 heterocycles. The van der Waals surface area contributed by atoms with Crippen LogP contribution < -0.4 is 10.6 Å². The highest BCUT2D eigenvalue weighted by Crippen LogP contribution is 2.20. The zero-order valence-corrected chi connectivity index (χ0v) is 14.5. The van der Waals surface area contributed by atoms with Crippen LogP contribution in [0.4, 0.5) is 15.6 Å². The molecule has 0 fully saturated rings. The molecule has 0 atom stereocenters. The van der Waals surface area contributed by atoms with Crippen molar-refractivity contribution in [3.05, 3.63) is 69.7 Å². The van der Waals surface area contributed by atoms with Crippen molar-refractivity contribution < 1.29 is 4.79 Å². The maximum atomic E-state index is 12.0. The minimum absolute atomic E-state index is 0.340. The number of aryl methyl sites for hydroxylation is 1. The maximum absolute atomic E-state index is 12.0. The number of amides is 2. The first-order valence-electron chi connectivity index (χ1n) is 7.30. The molecule has 3 rings (SSSR count). The summed E-state index contributed by atoms with van der Waals surface area (Å²) in [7, 11) is 0. The Morgan fingerprint density at radius 3 is 2.46 bits per heavy atom. The number of nitrogens with zero attached hydrogens (tertiary/aromatic N) is 2. The summed E-state index contributed by atoms with van der Waals surface area (Å²) in [6, 6.07) is 14.8. The largest absolute Gasteiger partial charge is 0.325 e. The van der Waals surface area contributed by atoms with Gasteiger partial charge in [-0.25, -0.2) is 4.79 Å². The van der Waals surface area contributed by atoms with Crippen molar-refractivity contribution in [3.63, 3.8) is 0 Å². The van der Waals surface area contributed by atoms with Gasteiger partial charge in [-0.15, -0.1) is 10.2 Å². The van der Waals surface area contributed by atoms with Gasteiger partial charge in [-0.05, 0) is 36.8 Å². The van der Waals surface area contributed by atoms with Crippen LogP contribution in [0, 0.1) is 6.92 Å². The molecule has 3 aromatic rings. The summed E-state index contributed by atoms with van der Waals surface area (Å²) in [6.07, 6.45) is 0.649. The number of anilines is 2. The Bertz CT molecular complexity index is 831. The van der Waals surface area contributed by atoms with Crippen molar-refractivity contribution in [2.75, 3.05) is 10.6 Å². The van der Waals surface area contributed by atoms with Gasteiger partial charge in [0.05, 0.1) is 0 Å². The first kappa shape index (κ1) is 16.4. The van der Waals surface area contributed by atoms with Crippen LogP contribution in [-0.2, 0) is 6.42 Å². The van der Waals surface area contributed by atoms with Crippen molar-refractivity contribution in [1.82, 2.24) is 10.2 Å². The van der Waals surface area contributed by atoms with E-state index in [2.05, 4.69) is 20.8 Å². The lowest BCUT2D eigenvalue weighted by molar-refractivity contribution is 0.262. The normalized spacial score (nSPS) is 10.4. The summed E-state index contributed by atoms with van der Waals surface area (Å²) in [5.74, 6) is 0. The summed E-state index contributed by atoms with van der Waals surface area (Å²) in [4.78, 5) is 12.0. The van der Waals surface area contributed by atoms with E-state index in [9.17, 15) is 4.79 Å². The fourth-order valence-electron chi connectivity index (χ4n) is 2.05. The van der Waals surface area contributed by atoms with Crippen LogP contribution in [0.1, 0.15) is 16.1 Å². The van der Waals surface area contributed by atoms with Crippen LogP contribution in [0.2, 0.25) is 5.02 Å². The SMILES string of the molecule is Cc1ccc(NC(=O)Nc2nnc(Cc3ccc(Cl)cc3)s2)cc1. The van der Waals surface area contributed by atoms with Crippen LogP contribution in [0.25, 0.3) is 0 Å².